The van der Waals surface area contributed by atoms with E-state index in [1.807, 2.05) is 70.5 Å². The lowest BCUT2D eigenvalue weighted by atomic mass is 9.85. The zero-order valence-corrected chi connectivity index (χ0v) is 36.7. The average Bonchev–Trinajstić information content (AvgIpc) is 3.77. The molecule has 5 atom stereocenters. The maximum atomic E-state index is 14.1. The smallest absolute Gasteiger partial charge is 0.408 e. The van der Waals surface area contributed by atoms with Crippen molar-refractivity contribution in [2.75, 3.05) is 11.9 Å². The normalized spacial score (nSPS) is 16.9. The van der Waals surface area contributed by atoms with Gasteiger partial charge in [-0.1, -0.05) is 57.2 Å². The van der Waals surface area contributed by atoms with Gasteiger partial charge in [0.25, 0.3) is 0 Å². The SMILES string of the molecule is Cc1ncsc1-c1ccc(C(C)NC(=O)[C@@H]2C[C@@H](O)CN2C(=O)C(NC(=O)CCCCc2cccc(NC(=O)C(CCC(N)=O)NC(=O)OC(C)(C)C)c2)C(C)(C)C)cc1. The number of aromatic nitrogens is 1. The van der Waals surface area contributed by atoms with Crippen LogP contribution in [0.1, 0.15) is 110 Å². The Morgan fingerprint density at radius 2 is 1.67 bits per heavy atom. The van der Waals surface area contributed by atoms with Gasteiger partial charge in [-0.15, -0.1) is 11.3 Å². The number of amides is 6. The maximum absolute atomic E-state index is 14.1. The molecule has 15 nitrogen and oxygen atoms in total. The van der Waals surface area contributed by atoms with E-state index in [0.717, 1.165) is 27.3 Å². The number of benzene rings is 2. The zero-order chi connectivity index (χ0) is 44.4. The number of carbonyl (C=O) groups excluding carboxylic acids is 6. The molecule has 1 aliphatic heterocycles. The van der Waals surface area contributed by atoms with E-state index < -0.39 is 59.1 Å². The number of primary amides is 1. The molecule has 4 rings (SSSR count). The van der Waals surface area contributed by atoms with Crippen LogP contribution < -0.4 is 27.0 Å². The molecule has 3 aromatic rings. The summed E-state index contributed by atoms with van der Waals surface area (Å²) in [6.45, 7) is 14.4. The Bertz CT molecular complexity index is 1990. The van der Waals surface area contributed by atoms with Gasteiger partial charge in [0.2, 0.25) is 29.5 Å². The molecule has 2 heterocycles. The van der Waals surface area contributed by atoms with Crippen LogP contribution in [0.2, 0.25) is 0 Å². The van der Waals surface area contributed by atoms with E-state index in [1.165, 1.54) is 4.90 Å². The maximum Gasteiger partial charge on any atom is 0.408 e. The van der Waals surface area contributed by atoms with Gasteiger partial charge in [0.05, 0.1) is 28.2 Å². The van der Waals surface area contributed by atoms with Crippen molar-refractivity contribution in [3.8, 4) is 10.4 Å². The Morgan fingerprint density at radius 3 is 2.28 bits per heavy atom. The summed E-state index contributed by atoms with van der Waals surface area (Å²) in [5.41, 5.74) is 9.89. The summed E-state index contributed by atoms with van der Waals surface area (Å²) in [6, 6.07) is 11.8. The number of β-amino-alcohol motifs (C(OH)–C–C–N with tert-alkyl or cyclic N) is 1. The van der Waals surface area contributed by atoms with E-state index in [2.05, 4.69) is 26.3 Å². The molecular formula is C44H61N7O8S. The van der Waals surface area contributed by atoms with E-state index in [-0.39, 0.29) is 50.1 Å². The molecule has 326 valence electrons. The molecule has 1 aliphatic rings. The van der Waals surface area contributed by atoms with Crippen LogP contribution in [0.3, 0.4) is 0 Å². The highest BCUT2D eigenvalue weighted by atomic mass is 32.1. The fraction of sp³-hybridized carbons (Fsp3) is 0.523. The van der Waals surface area contributed by atoms with Crippen molar-refractivity contribution in [2.24, 2.45) is 11.1 Å². The van der Waals surface area contributed by atoms with Gasteiger partial charge in [-0.05, 0) is 94.5 Å². The van der Waals surface area contributed by atoms with E-state index in [1.54, 1.807) is 50.3 Å². The summed E-state index contributed by atoms with van der Waals surface area (Å²) >= 11 is 1.57. The number of aliphatic hydroxyl groups is 1. The van der Waals surface area contributed by atoms with Crippen LogP contribution in [0, 0.1) is 12.3 Å². The molecular weight excluding hydrogens is 787 g/mol. The standard InChI is InChI=1S/C44H61N7O8S/c1-26(29-16-18-30(19-17-29)37-27(2)46-25-60-37)47-40(56)34-23-32(52)24-51(34)41(57)38(43(3,4)5)50-36(54)15-10-9-12-28-13-11-14-31(22-28)48-39(55)33(20-21-35(45)53)49-42(58)59-44(6,7)8/h11,13-14,16-19,22,25-26,32-34,38,52H,9-10,12,15,20-21,23-24H2,1-8H3,(H2,45,53)(H,47,56)(H,48,55)(H,49,58)(H,50,54)/t26?,32-,33?,34+,38?/m1/s1. The molecule has 1 aromatic heterocycles. The predicted octanol–water partition coefficient (Wildman–Crippen LogP) is 5.30. The number of nitrogens with one attached hydrogen (secondary N) is 4. The van der Waals surface area contributed by atoms with Gasteiger partial charge in [0, 0.05) is 31.5 Å². The number of nitrogens with two attached hydrogens (primary N) is 1. The van der Waals surface area contributed by atoms with E-state index in [9.17, 15) is 33.9 Å². The third-order valence-corrected chi connectivity index (χ3v) is 11.0. The van der Waals surface area contributed by atoms with Gasteiger partial charge >= 0.3 is 6.09 Å². The molecule has 1 saturated heterocycles. The topological polar surface area (TPSA) is 222 Å². The minimum atomic E-state index is -1.06. The van der Waals surface area contributed by atoms with Gasteiger partial charge in [-0.2, -0.15) is 0 Å². The average molecular weight is 848 g/mol. The van der Waals surface area contributed by atoms with Crippen molar-refractivity contribution in [3.63, 3.8) is 0 Å². The minimum absolute atomic E-state index is 0.0100. The molecule has 6 amide bonds. The number of nitrogens with zero attached hydrogens (tertiary/aromatic N) is 2. The molecule has 0 aliphatic carbocycles. The van der Waals surface area contributed by atoms with Gasteiger partial charge < -0.3 is 41.7 Å². The van der Waals surface area contributed by atoms with Crippen molar-refractivity contribution in [1.82, 2.24) is 25.8 Å². The molecule has 0 saturated carbocycles. The van der Waals surface area contributed by atoms with Crippen molar-refractivity contribution in [3.05, 3.63) is 70.9 Å². The van der Waals surface area contributed by atoms with Gasteiger partial charge in [-0.25, -0.2) is 9.78 Å². The summed E-state index contributed by atoms with van der Waals surface area (Å²) in [5, 5.41) is 21.9. The second kappa shape index (κ2) is 20.8. The monoisotopic (exact) mass is 847 g/mol. The Hall–Kier alpha value is -5.35. The highest BCUT2D eigenvalue weighted by molar-refractivity contribution is 7.13. The Morgan fingerprint density at radius 1 is 0.967 bits per heavy atom. The lowest BCUT2D eigenvalue weighted by Crippen LogP contribution is -2.57. The Kier molecular flexibility index (Phi) is 16.4. The van der Waals surface area contributed by atoms with Crippen LogP contribution in [0.15, 0.2) is 54.0 Å². The Balaban J connectivity index is 1.30. The summed E-state index contributed by atoms with van der Waals surface area (Å²) in [5.74, 6) is -2.26. The Labute approximate surface area is 356 Å². The van der Waals surface area contributed by atoms with Crippen molar-refractivity contribution in [1.29, 1.82) is 0 Å². The van der Waals surface area contributed by atoms with Gasteiger partial charge in [0.1, 0.15) is 23.7 Å². The largest absolute Gasteiger partial charge is 0.444 e. The first-order valence-corrected chi connectivity index (χ1v) is 21.3. The predicted molar refractivity (Wildman–Crippen MR) is 231 cm³/mol. The third-order valence-electron chi connectivity index (χ3n) is 10.1. The minimum Gasteiger partial charge on any atom is -0.444 e. The number of hydrogen-bond acceptors (Lipinski definition) is 10. The number of rotatable bonds is 17. The van der Waals surface area contributed by atoms with Crippen LogP contribution in [-0.4, -0.2) is 87.0 Å². The van der Waals surface area contributed by atoms with Crippen molar-refractivity contribution < 1.29 is 38.6 Å². The first-order valence-electron chi connectivity index (χ1n) is 20.4. The number of aliphatic hydroxyl groups excluding tert-OH is 1. The molecule has 0 radical (unpaired) electrons. The van der Waals surface area contributed by atoms with Crippen molar-refractivity contribution in [2.45, 2.75) is 136 Å². The summed E-state index contributed by atoms with van der Waals surface area (Å²) in [7, 11) is 0. The zero-order valence-electron chi connectivity index (χ0n) is 35.9. The van der Waals surface area contributed by atoms with Crippen LogP contribution in [-0.2, 0) is 35.1 Å². The number of ether oxygens (including phenoxy) is 1. The fourth-order valence-corrected chi connectivity index (χ4v) is 7.71. The number of aryl methyl sites for hydroxylation is 2. The van der Waals surface area contributed by atoms with Crippen LogP contribution in [0.4, 0.5) is 10.5 Å². The molecule has 0 spiro atoms. The molecule has 16 heteroatoms. The van der Waals surface area contributed by atoms with E-state index in [0.29, 0.717) is 24.9 Å². The number of likely N-dealkylation sites (tertiary alicyclic amines) is 1. The quantitative estimate of drug-likeness (QED) is 0.0970. The van der Waals surface area contributed by atoms with Crippen LogP contribution >= 0.6 is 11.3 Å². The molecule has 2 aromatic carbocycles. The summed E-state index contributed by atoms with van der Waals surface area (Å²) < 4.78 is 5.27. The number of thiazole rings is 1. The third kappa shape index (κ3) is 14.1. The molecule has 0 bridgehead atoms. The number of carbonyl (C=O) groups is 6. The van der Waals surface area contributed by atoms with Crippen LogP contribution in [0.5, 0.6) is 0 Å². The van der Waals surface area contributed by atoms with E-state index >= 15 is 0 Å². The first-order chi connectivity index (χ1) is 28.1. The fourth-order valence-electron chi connectivity index (χ4n) is 6.90. The molecule has 60 heavy (non-hydrogen) atoms. The van der Waals surface area contributed by atoms with Crippen LogP contribution in [0.25, 0.3) is 10.4 Å². The highest BCUT2D eigenvalue weighted by Gasteiger charge is 2.44. The van der Waals surface area contributed by atoms with Gasteiger partial charge in [0.15, 0.2) is 0 Å². The van der Waals surface area contributed by atoms with Gasteiger partial charge in [-0.3, -0.25) is 24.0 Å². The molecule has 1 fully saturated rings. The second-order valence-corrected chi connectivity index (χ2v) is 18.3. The number of anilines is 1. The lowest BCUT2D eigenvalue weighted by Gasteiger charge is -2.35. The summed E-state index contributed by atoms with van der Waals surface area (Å²) in [4.78, 5) is 84.8. The highest BCUT2D eigenvalue weighted by Crippen LogP contribution is 2.30. The van der Waals surface area contributed by atoms with E-state index in [4.69, 9.17) is 10.5 Å². The number of alkyl carbamates (subject to hydrolysis) is 1. The number of unbranched alkanes of at least 4 members (excludes halogenated alkanes) is 1. The summed E-state index contributed by atoms with van der Waals surface area (Å²) in [6.07, 6.45) is 0.169. The second-order valence-electron chi connectivity index (χ2n) is 17.5. The van der Waals surface area contributed by atoms with Crippen molar-refractivity contribution >= 4 is 52.7 Å². The lowest BCUT2D eigenvalue weighted by molar-refractivity contribution is -0.144. The molecule has 7 N–H and O–H groups in total. The molecule has 3 unspecified atom stereocenters. The number of hydrogen-bond donors (Lipinski definition) is 6. The first kappa shape index (κ1) is 47.3.